The Morgan fingerprint density at radius 3 is 2.55 bits per heavy atom. The zero-order valence-electron chi connectivity index (χ0n) is 16.7. The molecule has 0 bridgehead atoms. The number of aromatic nitrogens is 2. The van der Waals surface area contributed by atoms with Crippen molar-refractivity contribution in [2.75, 3.05) is 0 Å². The molecule has 31 heavy (non-hydrogen) atoms. The Bertz CT molecular complexity index is 1320. The van der Waals surface area contributed by atoms with Crippen LogP contribution in [0.1, 0.15) is 44.3 Å². The molecule has 0 saturated carbocycles. The number of furan rings is 1. The fourth-order valence-electron chi connectivity index (χ4n) is 4.04. The quantitative estimate of drug-likeness (QED) is 0.497. The second kappa shape index (κ2) is 7.39. The second-order valence-electron chi connectivity index (χ2n) is 7.48. The summed E-state index contributed by atoms with van der Waals surface area (Å²) >= 11 is 0. The van der Waals surface area contributed by atoms with E-state index in [4.69, 9.17) is 4.42 Å². The highest BCUT2D eigenvalue weighted by atomic mass is 19.1. The molecule has 0 aliphatic heterocycles. The highest BCUT2D eigenvalue weighted by Gasteiger charge is 2.27. The summed E-state index contributed by atoms with van der Waals surface area (Å²) in [5.74, 6) is -1.25. The smallest absolute Gasteiger partial charge is 0.305 e. The number of carbonyl (C=O) groups is 2. The summed E-state index contributed by atoms with van der Waals surface area (Å²) in [7, 11) is 0. The summed E-state index contributed by atoms with van der Waals surface area (Å²) in [5.41, 5.74) is 8.86. The van der Waals surface area contributed by atoms with Crippen LogP contribution in [0.4, 0.5) is 4.39 Å². The molecule has 0 saturated heterocycles. The Kier molecular flexibility index (Phi) is 4.54. The average Bonchev–Trinajstić information content (AvgIpc) is 3.47. The molecule has 2 amide bonds. The minimum absolute atomic E-state index is 0.142. The molecule has 8 heteroatoms. The summed E-state index contributed by atoms with van der Waals surface area (Å²) in [6, 6.07) is 13.3. The molecular formula is C23H19FN4O3. The number of hydrogen-bond acceptors (Lipinski definition) is 4. The normalized spacial score (nSPS) is 12.7. The van der Waals surface area contributed by atoms with Crippen LogP contribution >= 0.6 is 0 Å². The van der Waals surface area contributed by atoms with Crippen molar-refractivity contribution in [2.24, 2.45) is 0 Å². The lowest BCUT2D eigenvalue weighted by Crippen LogP contribution is -2.42. The lowest BCUT2D eigenvalue weighted by atomic mass is 10.1. The molecule has 0 unspecified atom stereocenters. The van der Waals surface area contributed by atoms with Gasteiger partial charge in [0.1, 0.15) is 11.4 Å². The van der Waals surface area contributed by atoms with Gasteiger partial charge in [0.2, 0.25) is 0 Å². The highest BCUT2D eigenvalue weighted by Crippen LogP contribution is 2.28. The Balaban J connectivity index is 1.37. The first-order valence-electron chi connectivity index (χ1n) is 9.98. The number of halogens is 1. The van der Waals surface area contributed by atoms with Crippen molar-refractivity contribution in [2.45, 2.75) is 26.2 Å². The van der Waals surface area contributed by atoms with Crippen LogP contribution in [0.15, 0.2) is 52.9 Å². The fourth-order valence-corrected chi connectivity index (χ4v) is 4.04. The molecule has 4 aromatic rings. The molecule has 0 atom stereocenters. The summed E-state index contributed by atoms with van der Waals surface area (Å²) in [4.78, 5) is 25.4. The zero-order chi connectivity index (χ0) is 21.5. The molecular weight excluding hydrogens is 399 g/mol. The van der Waals surface area contributed by atoms with Crippen LogP contribution < -0.4 is 10.9 Å². The molecule has 1 aliphatic rings. The van der Waals surface area contributed by atoms with E-state index in [1.165, 1.54) is 12.1 Å². The lowest BCUT2D eigenvalue weighted by Gasteiger charge is -2.06. The minimum Gasteiger partial charge on any atom is -0.451 e. The van der Waals surface area contributed by atoms with E-state index in [0.717, 1.165) is 35.9 Å². The lowest BCUT2D eigenvalue weighted by molar-refractivity contribution is 0.0828. The molecule has 2 heterocycles. The van der Waals surface area contributed by atoms with Gasteiger partial charge >= 0.3 is 5.91 Å². The molecule has 2 N–H and O–H groups in total. The number of nitrogens with one attached hydrogen (secondary N) is 2. The van der Waals surface area contributed by atoms with Crippen LogP contribution in [0.3, 0.4) is 0 Å². The van der Waals surface area contributed by atoms with Gasteiger partial charge in [-0.25, -0.2) is 9.07 Å². The van der Waals surface area contributed by atoms with Crippen LogP contribution in [-0.2, 0) is 12.8 Å². The largest absolute Gasteiger partial charge is 0.451 e. The molecule has 2 aromatic carbocycles. The number of fused-ring (bicyclic) bond motifs is 2. The van der Waals surface area contributed by atoms with Gasteiger partial charge in [-0.3, -0.25) is 20.4 Å². The number of amides is 2. The van der Waals surface area contributed by atoms with Gasteiger partial charge in [0.25, 0.3) is 5.91 Å². The van der Waals surface area contributed by atoms with Crippen molar-refractivity contribution >= 4 is 22.8 Å². The van der Waals surface area contributed by atoms with E-state index in [-0.39, 0.29) is 17.3 Å². The topological polar surface area (TPSA) is 89.2 Å². The number of nitrogens with zero attached hydrogens (tertiary/aromatic N) is 2. The van der Waals surface area contributed by atoms with Gasteiger partial charge in [-0.15, -0.1) is 0 Å². The van der Waals surface area contributed by atoms with Crippen molar-refractivity contribution in [3.63, 3.8) is 0 Å². The van der Waals surface area contributed by atoms with Crippen LogP contribution in [0, 0.1) is 12.7 Å². The summed E-state index contributed by atoms with van der Waals surface area (Å²) < 4.78 is 20.6. The first-order chi connectivity index (χ1) is 15.0. The zero-order valence-corrected chi connectivity index (χ0v) is 16.7. The van der Waals surface area contributed by atoms with Gasteiger partial charge in [-0.05, 0) is 56.5 Å². The van der Waals surface area contributed by atoms with E-state index in [0.29, 0.717) is 16.8 Å². The number of rotatable bonds is 3. The van der Waals surface area contributed by atoms with E-state index in [1.54, 1.807) is 29.8 Å². The van der Waals surface area contributed by atoms with Gasteiger partial charge < -0.3 is 4.42 Å². The fraction of sp³-hybridized carbons (Fsp3) is 0.174. The molecule has 0 spiro atoms. The third-order valence-corrected chi connectivity index (χ3v) is 5.56. The van der Waals surface area contributed by atoms with Gasteiger partial charge in [0.05, 0.1) is 5.69 Å². The van der Waals surface area contributed by atoms with E-state index >= 15 is 0 Å². The van der Waals surface area contributed by atoms with Crippen LogP contribution in [0.25, 0.3) is 16.7 Å². The van der Waals surface area contributed by atoms with Gasteiger partial charge in [0, 0.05) is 22.2 Å². The number of hydrazine groups is 1. The van der Waals surface area contributed by atoms with Crippen molar-refractivity contribution < 1.29 is 18.4 Å². The van der Waals surface area contributed by atoms with Gasteiger partial charge in [-0.1, -0.05) is 18.2 Å². The maximum absolute atomic E-state index is 13.3. The van der Waals surface area contributed by atoms with Crippen molar-refractivity contribution in [3.8, 4) is 5.69 Å². The van der Waals surface area contributed by atoms with Crippen LogP contribution in [0.2, 0.25) is 0 Å². The summed E-state index contributed by atoms with van der Waals surface area (Å²) in [6.45, 7) is 1.79. The Hall–Kier alpha value is -3.94. The molecule has 1 aliphatic carbocycles. The third-order valence-electron chi connectivity index (χ3n) is 5.56. The molecule has 0 radical (unpaired) electrons. The van der Waals surface area contributed by atoms with Gasteiger partial charge in [0.15, 0.2) is 11.5 Å². The Labute approximate surface area is 176 Å². The Morgan fingerprint density at radius 1 is 1.03 bits per heavy atom. The van der Waals surface area contributed by atoms with Crippen molar-refractivity contribution in [1.82, 2.24) is 20.6 Å². The standard InChI is InChI=1S/C23H19FN4O3/c1-13-16-5-2-3-8-19(16)31-21(13)23(30)26-25-22(29)20-17-6-4-7-18(17)28(27-20)15-11-9-14(24)10-12-15/h2-3,5,8-12H,4,6-7H2,1H3,(H,25,29)(H,26,30). The summed E-state index contributed by atoms with van der Waals surface area (Å²) in [5, 5.41) is 5.28. The number of aryl methyl sites for hydroxylation is 1. The third kappa shape index (κ3) is 3.26. The number of benzene rings is 2. The first-order valence-corrected chi connectivity index (χ1v) is 9.98. The summed E-state index contributed by atoms with van der Waals surface area (Å²) in [6.07, 6.45) is 2.40. The predicted molar refractivity (Wildman–Crippen MR) is 111 cm³/mol. The number of hydrogen-bond donors (Lipinski definition) is 2. The van der Waals surface area contributed by atoms with E-state index in [9.17, 15) is 14.0 Å². The van der Waals surface area contributed by atoms with E-state index in [2.05, 4.69) is 16.0 Å². The first kappa shape index (κ1) is 19.0. The molecule has 0 fully saturated rings. The Morgan fingerprint density at radius 2 is 1.77 bits per heavy atom. The van der Waals surface area contributed by atoms with Crippen molar-refractivity contribution in [3.05, 3.63) is 82.6 Å². The molecule has 2 aromatic heterocycles. The number of carbonyl (C=O) groups excluding carboxylic acids is 2. The predicted octanol–water partition coefficient (Wildman–Crippen LogP) is 3.63. The monoisotopic (exact) mass is 418 g/mol. The van der Waals surface area contributed by atoms with Crippen molar-refractivity contribution in [1.29, 1.82) is 0 Å². The van der Waals surface area contributed by atoms with Gasteiger partial charge in [-0.2, -0.15) is 5.10 Å². The highest BCUT2D eigenvalue weighted by molar-refractivity contribution is 6.01. The average molecular weight is 418 g/mol. The molecule has 156 valence electrons. The van der Waals surface area contributed by atoms with E-state index < -0.39 is 11.8 Å². The second-order valence-corrected chi connectivity index (χ2v) is 7.48. The number of para-hydroxylation sites is 1. The maximum atomic E-state index is 13.3. The van der Waals surface area contributed by atoms with Crippen LogP contribution in [0.5, 0.6) is 0 Å². The maximum Gasteiger partial charge on any atom is 0.305 e. The van der Waals surface area contributed by atoms with E-state index in [1.807, 2.05) is 18.2 Å². The molecule has 5 rings (SSSR count). The van der Waals surface area contributed by atoms with Crippen LogP contribution in [-0.4, -0.2) is 21.6 Å². The minimum atomic E-state index is -0.545. The molecule has 7 nitrogen and oxygen atoms in total. The SMILES string of the molecule is Cc1c(C(=O)NNC(=O)c2nn(-c3ccc(F)cc3)c3c2CCC3)oc2ccccc12.